The molecule has 0 saturated carbocycles. The molecule has 0 bridgehead atoms. The topological polar surface area (TPSA) is 45.8 Å². The van der Waals surface area contributed by atoms with Crippen molar-refractivity contribution in [2.75, 3.05) is 0 Å². The molecule has 0 unspecified atom stereocenters. The molecular formula is C14H8Cl2N2O. The van der Waals surface area contributed by atoms with Crippen molar-refractivity contribution in [3.05, 3.63) is 63.0 Å². The molecule has 0 aliphatic rings. The summed E-state index contributed by atoms with van der Waals surface area (Å²) in [5.74, 6) is 0. The van der Waals surface area contributed by atoms with Crippen LogP contribution in [0.15, 0.2) is 47.4 Å². The first-order valence-corrected chi connectivity index (χ1v) is 6.34. The standard InChI is InChI=1S/C14H8Cl2N2O/c15-10-4-2-1-3-8(10)11-6-13(19)9-5-14(16)17-7-12(9)18-11/h1-7H,(H,18,19). The average molecular weight is 291 g/mol. The molecular weight excluding hydrogens is 283 g/mol. The Kier molecular flexibility index (Phi) is 3.01. The van der Waals surface area contributed by atoms with Gasteiger partial charge in [0.25, 0.3) is 0 Å². The van der Waals surface area contributed by atoms with Gasteiger partial charge in [0.15, 0.2) is 5.43 Å². The molecule has 3 rings (SSSR count). The number of benzene rings is 1. The molecule has 0 amide bonds. The van der Waals surface area contributed by atoms with E-state index in [-0.39, 0.29) is 5.43 Å². The van der Waals surface area contributed by atoms with Gasteiger partial charge < -0.3 is 4.98 Å². The molecule has 3 aromatic rings. The third-order valence-corrected chi connectivity index (χ3v) is 3.38. The van der Waals surface area contributed by atoms with E-state index in [2.05, 4.69) is 9.97 Å². The Morgan fingerprint density at radius 2 is 1.89 bits per heavy atom. The number of pyridine rings is 2. The van der Waals surface area contributed by atoms with Gasteiger partial charge in [-0.2, -0.15) is 0 Å². The molecule has 2 heterocycles. The van der Waals surface area contributed by atoms with Crippen molar-refractivity contribution in [3.8, 4) is 11.3 Å². The molecule has 94 valence electrons. The van der Waals surface area contributed by atoms with E-state index >= 15 is 0 Å². The highest BCUT2D eigenvalue weighted by Gasteiger charge is 2.07. The molecule has 0 fully saturated rings. The molecule has 5 heteroatoms. The minimum absolute atomic E-state index is 0.118. The lowest BCUT2D eigenvalue weighted by Crippen LogP contribution is -2.03. The summed E-state index contributed by atoms with van der Waals surface area (Å²) in [5.41, 5.74) is 1.95. The second-order valence-electron chi connectivity index (χ2n) is 4.08. The molecule has 0 spiro atoms. The van der Waals surface area contributed by atoms with E-state index < -0.39 is 0 Å². The second kappa shape index (κ2) is 4.68. The molecule has 0 aliphatic heterocycles. The third-order valence-electron chi connectivity index (χ3n) is 2.84. The van der Waals surface area contributed by atoms with Gasteiger partial charge in [-0.15, -0.1) is 0 Å². The van der Waals surface area contributed by atoms with Crippen LogP contribution in [0.3, 0.4) is 0 Å². The van der Waals surface area contributed by atoms with Crippen molar-refractivity contribution in [1.29, 1.82) is 0 Å². The Labute approximate surface area is 118 Å². The maximum atomic E-state index is 12.1. The van der Waals surface area contributed by atoms with Crippen LogP contribution >= 0.6 is 23.2 Å². The van der Waals surface area contributed by atoms with Crippen LogP contribution < -0.4 is 5.43 Å². The minimum Gasteiger partial charge on any atom is -0.353 e. The van der Waals surface area contributed by atoms with Crippen LogP contribution in [0.25, 0.3) is 22.2 Å². The highest BCUT2D eigenvalue weighted by molar-refractivity contribution is 6.33. The van der Waals surface area contributed by atoms with Crippen LogP contribution in [0.5, 0.6) is 0 Å². The summed E-state index contributed by atoms with van der Waals surface area (Å²) in [4.78, 5) is 19.2. The summed E-state index contributed by atoms with van der Waals surface area (Å²) >= 11 is 11.9. The number of aromatic nitrogens is 2. The van der Waals surface area contributed by atoms with E-state index in [1.165, 1.54) is 6.07 Å². The quantitative estimate of drug-likeness (QED) is 0.691. The Bertz CT molecular complexity index is 827. The SMILES string of the molecule is O=c1cc(-c2ccccc2Cl)[nH]c2cnc(Cl)cc12. The highest BCUT2D eigenvalue weighted by Crippen LogP contribution is 2.26. The molecule has 1 N–H and O–H groups in total. The van der Waals surface area contributed by atoms with Gasteiger partial charge in [-0.25, -0.2) is 4.98 Å². The lowest BCUT2D eigenvalue weighted by Gasteiger charge is -2.06. The predicted octanol–water partition coefficient (Wildman–Crippen LogP) is 3.90. The Balaban J connectivity index is 2.31. The summed E-state index contributed by atoms with van der Waals surface area (Å²) in [6.45, 7) is 0. The first-order valence-electron chi connectivity index (χ1n) is 5.58. The monoisotopic (exact) mass is 290 g/mol. The van der Waals surface area contributed by atoms with Crippen molar-refractivity contribution >= 4 is 34.1 Å². The molecule has 0 saturated heterocycles. The molecule has 0 aliphatic carbocycles. The summed E-state index contributed by atoms with van der Waals surface area (Å²) in [5, 5.41) is 1.39. The maximum absolute atomic E-state index is 12.1. The normalized spacial score (nSPS) is 10.8. The first-order chi connectivity index (χ1) is 9.15. The van der Waals surface area contributed by atoms with Crippen LogP contribution in [0.4, 0.5) is 0 Å². The fraction of sp³-hybridized carbons (Fsp3) is 0. The van der Waals surface area contributed by atoms with Crippen LogP contribution in [-0.4, -0.2) is 9.97 Å². The van der Waals surface area contributed by atoms with Crippen molar-refractivity contribution in [2.24, 2.45) is 0 Å². The van der Waals surface area contributed by atoms with Gasteiger partial charge in [-0.1, -0.05) is 41.4 Å². The number of nitrogens with zero attached hydrogens (tertiary/aromatic N) is 1. The number of nitrogens with one attached hydrogen (secondary N) is 1. The molecule has 3 nitrogen and oxygen atoms in total. The zero-order valence-electron chi connectivity index (χ0n) is 9.65. The van der Waals surface area contributed by atoms with Gasteiger partial charge >= 0.3 is 0 Å². The summed E-state index contributed by atoms with van der Waals surface area (Å²) < 4.78 is 0. The van der Waals surface area contributed by atoms with E-state index in [9.17, 15) is 4.79 Å². The van der Waals surface area contributed by atoms with Gasteiger partial charge in [0, 0.05) is 16.7 Å². The number of hydrogen-bond donors (Lipinski definition) is 1. The summed E-state index contributed by atoms with van der Waals surface area (Å²) in [6, 6.07) is 10.4. The van der Waals surface area contributed by atoms with Gasteiger partial charge in [-0.05, 0) is 12.1 Å². The molecule has 0 atom stereocenters. The molecule has 1 aromatic carbocycles. The van der Waals surface area contributed by atoms with Crippen LogP contribution in [0.2, 0.25) is 10.2 Å². The van der Waals surface area contributed by atoms with Gasteiger partial charge in [0.05, 0.1) is 22.8 Å². The Morgan fingerprint density at radius 3 is 2.68 bits per heavy atom. The largest absolute Gasteiger partial charge is 0.353 e. The number of aromatic amines is 1. The third kappa shape index (κ3) is 2.23. The average Bonchev–Trinajstić information content (AvgIpc) is 2.40. The predicted molar refractivity (Wildman–Crippen MR) is 77.8 cm³/mol. The zero-order valence-corrected chi connectivity index (χ0v) is 11.2. The number of H-pyrrole nitrogens is 1. The highest BCUT2D eigenvalue weighted by atomic mass is 35.5. The number of halogens is 2. The maximum Gasteiger partial charge on any atom is 0.190 e. The fourth-order valence-electron chi connectivity index (χ4n) is 1.95. The molecule has 2 aromatic heterocycles. The van der Waals surface area contributed by atoms with Crippen LogP contribution in [0.1, 0.15) is 0 Å². The number of fused-ring (bicyclic) bond motifs is 1. The smallest absolute Gasteiger partial charge is 0.190 e. The van der Waals surface area contributed by atoms with E-state index in [0.717, 1.165) is 5.56 Å². The van der Waals surface area contributed by atoms with Crippen molar-refractivity contribution in [3.63, 3.8) is 0 Å². The van der Waals surface area contributed by atoms with Crippen LogP contribution in [0, 0.1) is 0 Å². The first kappa shape index (κ1) is 12.2. The van der Waals surface area contributed by atoms with E-state index in [1.807, 2.05) is 18.2 Å². The van der Waals surface area contributed by atoms with E-state index in [4.69, 9.17) is 23.2 Å². The van der Waals surface area contributed by atoms with Gasteiger partial charge in [0.1, 0.15) is 5.15 Å². The minimum atomic E-state index is -0.118. The Morgan fingerprint density at radius 1 is 1.11 bits per heavy atom. The van der Waals surface area contributed by atoms with Crippen molar-refractivity contribution in [2.45, 2.75) is 0 Å². The number of rotatable bonds is 1. The van der Waals surface area contributed by atoms with Gasteiger partial charge in [-0.3, -0.25) is 4.79 Å². The Hall–Kier alpha value is -1.84. The molecule has 0 radical (unpaired) electrons. The van der Waals surface area contributed by atoms with E-state index in [1.54, 1.807) is 18.3 Å². The summed E-state index contributed by atoms with van der Waals surface area (Å²) in [6.07, 6.45) is 1.54. The molecule has 19 heavy (non-hydrogen) atoms. The van der Waals surface area contributed by atoms with Crippen molar-refractivity contribution < 1.29 is 0 Å². The second-order valence-corrected chi connectivity index (χ2v) is 4.87. The summed E-state index contributed by atoms with van der Waals surface area (Å²) in [7, 11) is 0. The van der Waals surface area contributed by atoms with Crippen LogP contribution in [-0.2, 0) is 0 Å². The lowest BCUT2D eigenvalue weighted by atomic mass is 10.1. The van der Waals surface area contributed by atoms with Crippen molar-refractivity contribution in [1.82, 2.24) is 9.97 Å². The number of hydrogen-bond acceptors (Lipinski definition) is 2. The van der Waals surface area contributed by atoms with Gasteiger partial charge in [0.2, 0.25) is 0 Å². The fourth-order valence-corrected chi connectivity index (χ4v) is 2.34. The zero-order chi connectivity index (χ0) is 13.4. The lowest BCUT2D eigenvalue weighted by molar-refractivity contribution is 1.30. The van der Waals surface area contributed by atoms with E-state index in [0.29, 0.717) is 26.8 Å².